The highest BCUT2D eigenvalue weighted by atomic mass is 16.4. The smallest absolute Gasteiger partial charge is 0.308 e. The number of likely N-dealkylation sites (tertiary alicyclic amines) is 1. The van der Waals surface area contributed by atoms with Gasteiger partial charge in [-0.25, -0.2) is 0 Å². The number of nitrogens with zero attached hydrogens (tertiary/aromatic N) is 1. The zero-order valence-corrected chi connectivity index (χ0v) is 12.2. The summed E-state index contributed by atoms with van der Waals surface area (Å²) in [5.74, 6) is -1.29. The average molecular weight is 275 g/mol. The Morgan fingerprint density at radius 3 is 2.70 bits per heavy atom. The number of rotatable bonds is 3. The van der Waals surface area contributed by atoms with E-state index in [1.165, 1.54) is 0 Å². The minimum absolute atomic E-state index is 0.0518. The van der Waals surface area contributed by atoms with Crippen LogP contribution in [0.4, 0.5) is 0 Å². The molecule has 2 atom stereocenters. The van der Waals surface area contributed by atoms with Crippen molar-refractivity contribution in [3.63, 3.8) is 0 Å². The molecule has 108 valence electrons. The molecule has 1 N–H and O–H groups in total. The molecule has 4 heteroatoms. The summed E-state index contributed by atoms with van der Waals surface area (Å²) in [7, 11) is 0. The second-order valence-corrected chi connectivity index (χ2v) is 5.40. The van der Waals surface area contributed by atoms with Gasteiger partial charge in [-0.2, -0.15) is 0 Å². The number of aryl methyl sites for hydroxylation is 1. The van der Waals surface area contributed by atoms with Gasteiger partial charge in [0.2, 0.25) is 5.91 Å². The Bertz CT molecular complexity index is 537. The summed E-state index contributed by atoms with van der Waals surface area (Å²) in [5.41, 5.74) is 3.17. The van der Waals surface area contributed by atoms with E-state index in [-0.39, 0.29) is 11.9 Å². The molecule has 1 aromatic rings. The number of benzene rings is 1. The van der Waals surface area contributed by atoms with Crippen molar-refractivity contribution < 1.29 is 14.7 Å². The highest BCUT2D eigenvalue weighted by Crippen LogP contribution is 2.38. The van der Waals surface area contributed by atoms with E-state index in [1.807, 2.05) is 39.0 Å². The highest BCUT2D eigenvalue weighted by Gasteiger charge is 2.40. The van der Waals surface area contributed by atoms with Gasteiger partial charge in [-0.05, 0) is 43.9 Å². The molecule has 1 amide bonds. The number of carboxylic acids is 1. The molecule has 1 saturated heterocycles. The summed E-state index contributed by atoms with van der Waals surface area (Å²) in [4.78, 5) is 25.4. The monoisotopic (exact) mass is 275 g/mol. The molecule has 0 saturated carbocycles. The molecule has 0 bridgehead atoms. The summed E-state index contributed by atoms with van der Waals surface area (Å²) in [6.45, 7) is 6.45. The Hall–Kier alpha value is -1.84. The molecule has 0 aliphatic carbocycles. The molecule has 1 aromatic carbocycles. The van der Waals surface area contributed by atoms with Crippen LogP contribution in [-0.2, 0) is 9.59 Å². The van der Waals surface area contributed by atoms with Crippen LogP contribution in [0, 0.1) is 19.8 Å². The molecule has 0 aromatic heterocycles. The molecular weight excluding hydrogens is 254 g/mol. The Balaban J connectivity index is 2.52. The van der Waals surface area contributed by atoms with Crippen molar-refractivity contribution in [2.45, 2.75) is 39.7 Å². The first-order chi connectivity index (χ1) is 9.47. The van der Waals surface area contributed by atoms with Crippen LogP contribution in [0.5, 0.6) is 0 Å². The maximum Gasteiger partial charge on any atom is 0.308 e. The second kappa shape index (κ2) is 5.65. The number of piperidine rings is 1. The molecule has 1 aliphatic rings. The standard InChI is InChI=1S/C16H21NO3/c1-4-17-14(18)9-8-13(16(19)20)15(17)12-7-5-6-10(2)11(12)3/h5-7,13,15H,4,8-9H2,1-3H3,(H,19,20). The van der Waals surface area contributed by atoms with E-state index >= 15 is 0 Å². The van der Waals surface area contributed by atoms with E-state index in [9.17, 15) is 14.7 Å². The van der Waals surface area contributed by atoms with E-state index < -0.39 is 11.9 Å². The van der Waals surface area contributed by atoms with E-state index in [0.717, 1.165) is 16.7 Å². The quantitative estimate of drug-likeness (QED) is 0.922. The Morgan fingerprint density at radius 1 is 1.40 bits per heavy atom. The number of amides is 1. The van der Waals surface area contributed by atoms with Gasteiger partial charge in [0.25, 0.3) is 0 Å². The number of hydrogen-bond acceptors (Lipinski definition) is 2. The van der Waals surface area contributed by atoms with Crippen molar-refractivity contribution in [2.75, 3.05) is 6.54 Å². The van der Waals surface area contributed by atoms with Gasteiger partial charge < -0.3 is 10.0 Å². The molecule has 0 radical (unpaired) electrons. The Kier molecular flexibility index (Phi) is 4.12. The molecule has 1 aliphatic heterocycles. The summed E-state index contributed by atoms with van der Waals surface area (Å²) >= 11 is 0. The lowest BCUT2D eigenvalue weighted by atomic mass is 9.82. The van der Waals surface area contributed by atoms with Crippen molar-refractivity contribution in [3.05, 3.63) is 34.9 Å². The zero-order valence-electron chi connectivity index (χ0n) is 12.2. The molecule has 2 rings (SSSR count). The van der Waals surface area contributed by atoms with Crippen molar-refractivity contribution in [1.82, 2.24) is 4.90 Å². The van der Waals surface area contributed by atoms with Crippen LogP contribution in [0.3, 0.4) is 0 Å². The molecule has 2 unspecified atom stereocenters. The van der Waals surface area contributed by atoms with Crippen LogP contribution in [0.1, 0.15) is 42.5 Å². The molecule has 4 nitrogen and oxygen atoms in total. The normalized spacial score (nSPS) is 22.9. The summed E-state index contributed by atoms with van der Waals surface area (Å²) in [5, 5.41) is 9.49. The Labute approximate surface area is 119 Å². The highest BCUT2D eigenvalue weighted by molar-refractivity contribution is 5.82. The number of carboxylic acid groups (broad SMARTS) is 1. The SMILES string of the molecule is CCN1C(=O)CCC(C(=O)O)C1c1cccc(C)c1C. The topological polar surface area (TPSA) is 57.6 Å². The van der Waals surface area contributed by atoms with Crippen LogP contribution < -0.4 is 0 Å². The minimum atomic E-state index is -0.818. The number of hydrogen-bond donors (Lipinski definition) is 1. The summed E-state index contributed by atoms with van der Waals surface area (Å²) < 4.78 is 0. The van der Waals surface area contributed by atoms with Gasteiger partial charge in [0.05, 0.1) is 12.0 Å². The molecule has 1 fully saturated rings. The van der Waals surface area contributed by atoms with Gasteiger partial charge in [0.1, 0.15) is 0 Å². The molecule has 20 heavy (non-hydrogen) atoms. The lowest BCUT2D eigenvalue weighted by Gasteiger charge is -2.40. The van der Waals surface area contributed by atoms with Gasteiger partial charge in [-0.15, -0.1) is 0 Å². The van der Waals surface area contributed by atoms with Crippen LogP contribution in [0.15, 0.2) is 18.2 Å². The predicted octanol–water partition coefficient (Wildman–Crippen LogP) is 2.69. The molecular formula is C16H21NO3. The lowest BCUT2D eigenvalue weighted by Crippen LogP contribution is -2.45. The lowest BCUT2D eigenvalue weighted by molar-refractivity contribution is -0.151. The third-order valence-electron chi connectivity index (χ3n) is 4.33. The number of carbonyl (C=O) groups excluding carboxylic acids is 1. The van der Waals surface area contributed by atoms with E-state index in [4.69, 9.17) is 0 Å². The average Bonchev–Trinajstić information content (AvgIpc) is 2.41. The zero-order chi connectivity index (χ0) is 14.9. The van der Waals surface area contributed by atoms with Crippen LogP contribution in [0.25, 0.3) is 0 Å². The molecule has 1 heterocycles. The van der Waals surface area contributed by atoms with Crippen LogP contribution in [0.2, 0.25) is 0 Å². The third kappa shape index (κ3) is 2.42. The summed E-state index contributed by atoms with van der Waals surface area (Å²) in [6.07, 6.45) is 0.745. The van der Waals surface area contributed by atoms with E-state index in [1.54, 1.807) is 4.90 Å². The fraction of sp³-hybridized carbons (Fsp3) is 0.500. The van der Waals surface area contributed by atoms with Gasteiger partial charge >= 0.3 is 5.97 Å². The van der Waals surface area contributed by atoms with Crippen molar-refractivity contribution in [2.24, 2.45) is 5.92 Å². The van der Waals surface area contributed by atoms with Crippen molar-refractivity contribution in [1.29, 1.82) is 0 Å². The maximum atomic E-state index is 12.1. The van der Waals surface area contributed by atoms with Gasteiger partial charge in [0, 0.05) is 13.0 Å². The van der Waals surface area contributed by atoms with E-state index in [2.05, 4.69) is 0 Å². The van der Waals surface area contributed by atoms with Crippen molar-refractivity contribution >= 4 is 11.9 Å². The largest absolute Gasteiger partial charge is 0.481 e. The Morgan fingerprint density at radius 2 is 2.10 bits per heavy atom. The van der Waals surface area contributed by atoms with Crippen molar-refractivity contribution in [3.8, 4) is 0 Å². The van der Waals surface area contributed by atoms with Gasteiger partial charge in [-0.3, -0.25) is 9.59 Å². The first-order valence-corrected chi connectivity index (χ1v) is 7.05. The van der Waals surface area contributed by atoms with E-state index in [0.29, 0.717) is 19.4 Å². The summed E-state index contributed by atoms with van der Waals surface area (Å²) in [6, 6.07) is 5.54. The fourth-order valence-electron chi connectivity index (χ4n) is 3.06. The number of carbonyl (C=O) groups is 2. The van der Waals surface area contributed by atoms with Gasteiger partial charge in [-0.1, -0.05) is 18.2 Å². The maximum absolute atomic E-state index is 12.1. The first-order valence-electron chi connectivity index (χ1n) is 7.05. The fourth-order valence-corrected chi connectivity index (χ4v) is 3.06. The number of aliphatic carboxylic acids is 1. The van der Waals surface area contributed by atoms with Crippen LogP contribution in [-0.4, -0.2) is 28.4 Å². The van der Waals surface area contributed by atoms with Gasteiger partial charge in [0.15, 0.2) is 0 Å². The predicted molar refractivity (Wildman–Crippen MR) is 76.4 cm³/mol. The first kappa shape index (κ1) is 14.6. The third-order valence-corrected chi connectivity index (χ3v) is 4.33. The molecule has 0 spiro atoms. The van der Waals surface area contributed by atoms with Crippen LogP contribution >= 0.6 is 0 Å². The second-order valence-electron chi connectivity index (χ2n) is 5.40. The minimum Gasteiger partial charge on any atom is -0.481 e.